The number of hydrogen-bond acceptors (Lipinski definition) is 5. The van der Waals surface area contributed by atoms with Gasteiger partial charge in [0.2, 0.25) is 10.0 Å². The van der Waals surface area contributed by atoms with Gasteiger partial charge >= 0.3 is 6.09 Å². The molecule has 2 aromatic rings. The number of amides is 1. The highest BCUT2D eigenvalue weighted by molar-refractivity contribution is 7.89. The van der Waals surface area contributed by atoms with Crippen LogP contribution in [0.5, 0.6) is 0 Å². The lowest BCUT2D eigenvalue weighted by Crippen LogP contribution is -2.52. The maximum Gasteiger partial charge on any atom is 0.410 e. The number of hydrogen-bond donors (Lipinski definition) is 0. The van der Waals surface area contributed by atoms with Gasteiger partial charge in [0.05, 0.1) is 6.04 Å². The van der Waals surface area contributed by atoms with Crippen LogP contribution in [-0.4, -0.2) is 62.0 Å². The first-order valence-corrected chi connectivity index (χ1v) is 12.9. The van der Waals surface area contributed by atoms with E-state index in [1.165, 1.54) is 10.4 Å². The number of halogens is 1. The maximum atomic E-state index is 15.2. The molecule has 1 amide bonds. The van der Waals surface area contributed by atoms with Crippen molar-refractivity contribution in [3.05, 3.63) is 65.5 Å². The number of rotatable bonds is 4. The summed E-state index contributed by atoms with van der Waals surface area (Å²) in [6.07, 6.45) is 1.00. The van der Waals surface area contributed by atoms with Crippen molar-refractivity contribution >= 4 is 21.8 Å². The van der Waals surface area contributed by atoms with E-state index in [2.05, 4.69) is 0 Å². The molecule has 7 nitrogen and oxygen atoms in total. The number of carbonyl (C=O) groups is 1. The van der Waals surface area contributed by atoms with E-state index < -0.39 is 21.1 Å². The second-order valence-electron chi connectivity index (χ2n) is 9.06. The summed E-state index contributed by atoms with van der Waals surface area (Å²) < 4.78 is 48.6. The number of benzene rings is 2. The van der Waals surface area contributed by atoms with Gasteiger partial charge in [-0.25, -0.2) is 17.6 Å². The molecule has 2 aromatic carbocycles. The molecule has 3 atom stereocenters. The molecule has 33 heavy (non-hydrogen) atoms. The molecule has 9 heteroatoms. The summed E-state index contributed by atoms with van der Waals surface area (Å²) in [5.41, 5.74) is 1.87. The molecule has 3 aliphatic rings. The summed E-state index contributed by atoms with van der Waals surface area (Å²) in [7, 11) is -3.62. The first-order chi connectivity index (χ1) is 15.8. The van der Waals surface area contributed by atoms with Crippen molar-refractivity contribution < 1.29 is 22.3 Å². The molecule has 5 rings (SSSR count). The Labute approximate surface area is 193 Å². The zero-order chi connectivity index (χ0) is 23.2. The molecule has 3 heterocycles. The molecule has 3 aliphatic heterocycles. The fourth-order valence-corrected chi connectivity index (χ4v) is 7.29. The average molecular weight is 474 g/mol. The molecular weight excluding hydrogens is 445 g/mol. The second kappa shape index (κ2) is 8.61. The third kappa shape index (κ3) is 4.08. The molecule has 0 aromatic heterocycles. The zero-order valence-corrected chi connectivity index (χ0v) is 19.4. The molecule has 0 saturated carbocycles. The molecule has 3 fully saturated rings. The number of fused-ring (bicyclic) bond motifs is 1. The van der Waals surface area contributed by atoms with E-state index in [-0.39, 0.29) is 24.7 Å². The number of anilines is 1. The van der Waals surface area contributed by atoms with Crippen LogP contribution < -0.4 is 4.90 Å². The second-order valence-corrected chi connectivity index (χ2v) is 11.1. The standard InChI is InChI=1S/C24H28FN3O4S/c1-17-7-10-23(18-5-3-2-4-6-18)33(30,31)28(17)14-19-8-9-20(13-22(19)25)26-11-12-27-21(15-26)16-32-24(27)29/h2-6,8-9,13,17,21,23H,7,10-12,14-16H2,1H3/t17-,21?,23?/m0/s1. The molecule has 0 N–H and O–H groups in total. The summed E-state index contributed by atoms with van der Waals surface area (Å²) in [6, 6.07) is 14.0. The Morgan fingerprint density at radius 2 is 1.88 bits per heavy atom. The molecule has 3 saturated heterocycles. The number of sulfonamides is 1. The van der Waals surface area contributed by atoms with Crippen molar-refractivity contribution in [1.29, 1.82) is 0 Å². The number of cyclic esters (lactones) is 1. The van der Waals surface area contributed by atoms with Gasteiger partial charge in [-0.05, 0) is 37.5 Å². The average Bonchev–Trinajstić information content (AvgIpc) is 3.18. The summed E-state index contributed by atoms with van der Waals surface area (Å²) in [6.45, 7) is 3.97. The van der Waals surface area contributed by atoms with Gasteiger partial charge < -0.3 is 9.64 Å². The first kappa shape index (κ1) is 22.2. The van der Waals surface area contributed by atoms with Crippen LogP contribution in [0.2, 0.25) is 0 Å². The first-order valence-electron chi connectivity index (χ1n) is 11.4. The highest BCUT2D eigenvalue weighted by Gasteiger charge is 2.41. The van der Waals surface area contributed by atoms with Gasteiger partial charge in [-0.2, -0.15) is 4.31 Å². The van der Waals surface area contributed by atoms with E-state index in [9.17, 15) is 13.2 Å². The van der Waals surface area contributed by atoms with Gasteiger partial charge in [-0.3, -0.25) is 4.90 Å². The van der Waals surface area contributed by atoms with Crippen LogP contribution in [0.25, 0.3) is 0 Å². The quantitative estimate of drug-likeness (QED) is 0.680. The molecule has 2 unspecified atom stereocenters. The van der Waals surface area contributed by atoms with E-state index in [1.54, 1.807) is 11.0 Å². The lowest BCUT2D eigenvalue weighted by atomic mass is 10.0. The fraction of sp³-hybridized carbons (Fsp3) is 0.458. The summed E-state index contributed by atoms with van der Waals surface area (Å²) in [4.78, 5) is 15.5. The van der Waals surface area contributed by atoms with Gasteiger partial charge in [-0.1, -0.05) is 36.4 Å². The molecule has 0 bridgehead atoms. The lowest BCUT2D eigenvalue weighted by Gasteiger charge is -2.38. The Kier molecular flexibility index (Phi) is 5.78. The van der Waals surface area contributed by atoms with Crippen LogP contribution in [0, 0.1) is 5.82 Å². The van der Waals surface area contributed by atoms with Crippen molar-refractivity contribution in [2.45, 2.75) is 43.6 Å². The van der Waals surface area contributed by atoms with Crippen LogP contribution >= 0.6 is 0 Å². The minimum absolute atomic E-state index is 0.0116. The monoisotopic (exact) mass is 473 g/mol. The van der Waals surface area contributed by atoms with Gasteiger partial charge in [0.25, 0.3) is 0 Å². The normalized spacial score (nSPS) is 27.3. The Balaban J connectivity index is 1.34. The number of ether oxygens (including phenoxy) is 1. The predicted octanol–water partition coefficient (Wildman–Crippen LogP) is 3.52. The van der Waals surface area contributed by atoms with Crippen molar-refractivity contribution in [1.82, 2.24) is 9.21 Å². The van der Waals surface area contributed by atoms with Crippen molar-refractivity contribution in [2.24, 2.45) is 0 Å². The van der Waals surface area contributed by atoms with Gasteiger partial charge in [0, 0.05) is 43.5 Å². The SMILES string of the molecule is C[C@H]1CCC(c2ccccc2)S(=O)(=O)N1Cc1ccc(N2CCN3C(=O)OCC3C2)cc1F. The number of carbonyl (C=O) groups excluding carboxylic acids is 1. The summed E-state index contributed by atoms with van der Waals surface area (Å²) in [5, 5.41) is -0.607. The number of piperazine rings is 1. The zero-order valence-electron chi connectivity index (χ0n) is 18.6. The molecule has 176 valence electrons. The summed E-state index contributed by atoms with van der Waals surface area (Å²) >= 11 is 0. The Morgan fingerprint density at radius 3 is 2.64 bits per heavy atom. The molecule has 0 spiro atoms. The van der Waals surface area contributed by atoms with Crippen LogP contribution in [0.1, 0.15) is 36.1 Å². The van der Waals surface area contributed by atoms with Gasteiger partial charge in [0.15, 0.2) is 0 Å². The van der Waals surface area contributed by atoms with Crippen molar-refractivity contribution in [3.63, 3.8) is 0 Å². The highest BCUT2D eigenvalue weighted by Crippen LogP contribution is 2.38. The fourth-order valence-electron chi connectivity index (χ4n) is 5.10. The lowest BCUT2D eigenvalue weighted by molar-refractivity contribution is 0.157. The van der Waals surface area contributed by atoms with E-state index in [0.29, 0.717) is 38.2 Å². The van der Waals surface area contributed by atoms with E-state index in [1.807, 2.05) is 48.2 Å². The minimum Gasteiger partial charge on any atom is -0.447 e. The number of nitrogens with zero attached hydrogens (tertiary/aromatic N) is 3. The van der Waals surface area contributed by atoms with Crippen molar-refractivity contribution in [2.75, 3.05) is 31.1 Å². The maximum absolute atomic E-state index is 15.2. The van der Waals surface area contributed by atoms with Crippen LogP contribution in [0.4, 0.5) is 14.9 Å². The van der Waals surface area contributed by atoms with Crippen molar-refractivity contribution in [3.8, 4) is 0 Å². The molecule has 0 radical (unpaired) electrons. The van der Waals surface area contributed by atoms with E-state index >= 15 is 4.39 Å². The predicted molar refractivity (Wildman–Crippen MR) is 123 cm³/mol. The third-order valence-electron chi connectivity index (χ3n) is 7.04. The van der Waals surface area contributed by atoms with E-state index in [0.717, 1.165) is 17.7 Å². The Morgan fingerprint density at radius 1 is 1.09 bits per heavy atom. The topological polar surface area (TPSA) is 70.2 Å². The van der Waals surface area contributed by atoms with E-state index in [4.69, 9.17) is 4.74 Å². The Hall–Kier alpha value is -2.65. The van der Waals surface area contributed by atoms with Gasteiger partial charge in [0.1, 0.15) is 17.7 Å². The molecule has 0 aliphatic carbocycles. The van der Waals surface area contributed by atoms with Crippen LogP contribution in [-0.2, 0) is 21.3 Å². The van der Waals surface area contributed by atoms with Crippen LogP contribution in [0.3, 0.4) is 0 Å². The molecular formula is C24H28FN3O4S. The van der Waals surface area contributed by atoms with Gasteiger partial charge in [-0.15, -0.1) is 0 Å². The highest BCUT2D eigenvalue weighted by atomic mass is 32.2. The largest absolute Gasteiger partial charge is 0.447 e. The van der Waals surface area contributed by atoms with Crippen LogP contribution in [0.15, 0.2) is 48.5 Å². The minimum atomic E-state index is -3.62. The smallest absolute Gasteiger partial charge is 0.410 e. The summed E-state index contributed by atoms with van der Waals surface area (Å²) in [5.74, 6) is -0.419. The third-order valence-corrected chi connectivity index (χ3v) is 9.41. The Bertz CT molecular complexity index is 1140.